The molecule has 120 valence electrons. The number of hydrogen-bond donors (Lipinski definition) is 1. The van der Waals surface area contributed by atoms with E-state index in [0.717, 1.165) is 31.7 Å². The molecule has 4 heteroatoms. The Morgan fingerprint density at radius 2 is 2.00 bits per heavy atom. The van der Waals surface area contributed by atoms with Gasteiger partial charge in [-0.1, -0.05) is 24.6 Å². The zero-order chi connectivity index (χ0) is 15.6. The molecule has 2 aliphatic rings. The molecule has 2 heterocycles. The van der Waals surface area contributed by atoms with Crippen molar-refractivity contribution in [2.75, 3.05) is 33.2 Å². The smallest absolute Gasteiger partial charge is 0.251 e. The standard InChI is InChI=1S/C18H27N3O/c1-18(19-17(22)15-8-4-3-5-9-15)13-20(2)12-16-10-6-7-11-21(16)14-18/h3-5,8-9,16H,6-7,10-14H2,1-2H3,(H,19,22). The average molecular weight is 301 g/mol. The molecule has 0 aromatic heterocycles. The second kappa shape index (κ2) is 6.39. The van der Waals surface area contributed by atoms with Gasteiger partial charge in [0.2, 0.25) is 0 Å². The largest absolute Gasteiger partial charge is 0.344 e. The van der Waals surface area contributed by atoms with Crippen LogP contribution in [0.2, 0.25) is 0 Å². The van der Waals surface area contributed by atoms with Crippen LogP contribution in [-0.2, 0) is 0 Å². The van der Waals surface area contributed by atoms with Gasteiger partial charge < -0.3 is 10.2 Å². The number of fused-ring (bicyclic) bond motifs is 1. The van der Waals surface area contributed by atoms with Crippen LogP contribution in [0.4, 0.5) is 0 Å². The Balaban J connectivity index is 1.74. The van der Waals surface area contributed by atoms with E-state index in [1.54, 1.807) is 0 Å². The number of amides is 1. The molecule has 0 radical (unpaired) electrons. The number of likely N-dealkylation sites (N-methyl/N-ethyl adjacent to an activating group) is 1. The van der Waals surface area contributed by atoms with Crippen molar-refractivity contribution in [1.82, 2.24) is 15.1 Å². The van der Waals surface area contributed by atoms with Gasteiger partial charge in [-0.05, 0) is 45.5 Å². The lowest BCUT2D eigenvalue weighted by atomic mass is 9.98. The van der Waals surface area contributed by atoms with Crippen LogP contribution >= 0.6 is 0 Å². The summed E-state index contributed by atoms with van der Waals surface area (Å²) in [5.74, 6) is 0.0342. The molecular weight excluding hydrogens is 274 g/mol. The van der Waals surface area contributed by atoms with Gasteiger partial charge in [0.05, 0.1) is 5.54 Å². The third kappa shape index (κ3) is 3.50. The Bertz CT molecular complexity index is 518. The van der Waals surface area contributed by atoms with Crippen LogP contribution in [0.3, 0.4) is 0 Å². The molecule has 1 amide bonds. The van der Waals surface area contributed by atoms with Crippen molar-refractivity contribution in [2.45, 2.75) is 37.8 Å². The van der Waals surface area contributed by atoms with Crippen molar-refractivity contribution < 1.29 is 4.79 Å². The summed E-state index contributed by atoms with van der Waals surface area (Å²) < 4.78 is 0. The Hall–Kier alpha value is -1.39. The molecule has 1 N–H and O–H groups in total. The van der Waals surface area contributed by atoms with Crippen molar-refractivity contribution in [3.05, 3.63) is 35.9 Å². The zero-order valence-electron chi connectivity index (χ0n) is 13.7. The Morgan fingerprint density at radius 3 is 2.77 bits per heavy atom. The van der Waals surface area contributed by atoms with Crippen LogP contribution in [0.1, 0.15) is 36.5 Å². The molecule has 1 aromatic carbocycles. The van der Waals surface area contributed by atoms with E-state index in [0.29, 0.717) is 6.04 Å². The SMILES string of the molecule is CN1CC2CCCCN2CC(C)(NC(=O)c2ccccc2)C1. The fraction of sp³-hybridized carbons (Fsp3) is 0.611. The van der Waals surface area contributed by atoms with Crippen LogP contribution in [0, 0.1) is 0 Å². The van der Waals surface area contributed by atoms with Crippen LogP contribution in [-0.4, -0.2) is 60.5 Å². The number of carbonyl (C=O) groups is 1. The van der Waals surface area contributed by atoms with E-state index in [1.165, 1.54) is 19.3 Å². The normalized spacial score (nSPS) is 30.4. The summed E-state index contributed by atoms with van der Waals surface area (Å²) in [5, 5.41) is 3.29. The Kier molecular flexibility index (Phi) is 4.50. The quantitative estimate of drug-likeness (QED) is 0.907. The van der Waals surface area contributed by atoms with Crippen LogP contribution in [0.25, 0.3) is 0 Å². The Morgan fingerprint density at radius 1 is 1.23 bits per heavy atom. The van der Waals surface area contributed by atoms with Crippen LogP contribution in [0.5, 0.6) is 0 Å². The van der Waals surface area contributed by atoms with Gasteiger partial charge in [0.15, 0.2) is 0 Å². The number of nitrogens with zero attached hydrogens (tertiary/aromatic N) is 2. The van der Waals surface area contributed by atoms with E-state index < -0.39 is 0 Å². The highest BCUT2D eigenvalue weighted by atomic mass is 16.1. The molecule has 1 aromatic rings. The fourth-order valence-corrected chi connectivity index (χ4v) is 4.01. The maximum absolute atomic E-state index is 12.5. The molecule has 22 heavy (non-hydrogen) atoms. The van der Waals surface area contributed by atoms with Crippen molar-refractivity contribution >= 4 is 5.91 Å². The molecule has 2 atom stereocenters. The minimum Gasteiger partial charge on any atom is -0.344 e. The highest BCUT2D eigenvalue weighted by Gasteiger charge is 2.37. The third-order valence-electron chi connectivity index (χ3n) is 4.89. The summed E-state index contributed by atoms with van der Waals surface area (Å²) >= 11 is 0. The molecule has 3 rings (SSSR count). The number of rotatable bonds is 2. The first kappa shape index (κ1) is 15.5. The van der Waals surface area contributed by atoms with E-state index in [2.05, 4.69) is 29.1 Å². The highest BCUT2D eigenvalue weighted by molar-refractivity contribution is 5.94. The third-order valence-corrected chi connectivity index (χ3v) is 4.89. The summed E-state index contributed by atoms with van der Waals surface area (Å²) in [6, 6.07) is 10.2. The molecule has 2 saturated heterocycles. The fourth-order valence-electron chi connectivity index (χ4n) is 4.01. The number of hydrogen-bond acceptors (Lipinski definition) is 3. The topological polar surface area (TPSA) is 35.6 Å². The molecule has 0 spiro atoms. The van der Waals surface area contributed by atoms with Gasteiger partial charge in [0.1, 0.15) is 0 Å². The summed E-state index contributed by atoms with van der Waals surface area (Å²) in [6.45, 7) is 6.30. The first-order chi connectivity index (χ1) is 10.6. The maximum Gasteiger partial charge on any atom is 0.251 e. The number of benzene rings is 1. The second-order valence-electron chi connectivity index (χ2n) is 7.20. The molecular formula is C18H27N3O. The van der Waals surface area contributed by atoms with E-state index in [4.69, 9.17) is 0 Å². The summed E-state index contributed by atoms with van der Waals surface area (Å²) in [7, 11) is 2.17. The predicted molar refractivity (Wildman–Crippen MR) is 89.0 cm³/mol. The van der Waals surface area contributed by atoms with Crippen LogP contribution < -0.4 is 5.32 Å². The zero-order valence-corrected chi connectivity index (χ0v) is 13.7. The molecule has 2 fully saturated rings. The van der Waals surface area contributed by atoms with Gasteiger partial charge in [0.25, 0.3) is 5.91 Å². The number of nitrogens with one attached hydrogen (secondary N) is 1. The van der Waals surface area contributed by atoms with Crippen molar-refractivity contribution in [3.8, 4) is 0 Å². The molecule has 4 nitrogen and oxygen atoms in total. The van der Waals surface area contributed by atoms with Crippen molar-refractivity contribution in [2.24, 2.45) is 0 Å². The molecule has 0 aliphatic carbocycles. The Labute approximate surface area is 133 Å². The predicted octanol–water partition coefficient (Wildman–Crippen LogP) is 1.97. The lowest BCUT2D eigenvalue weighted by Crippen LogP contribution is -2.57. The molecule has 0 bridgehead atoms. The van der Waals surface area contributed by atoms with E-state index in [-0.39, 0.29) is 11.4 Å². The van der Waals surface area contributed by atoms with Crippen molar-refractivity contribution in [1.29, 1.82) is 0 Å². The van der Waals surface area contributed by atoms with Gasteiger partial charge in [-0.3, -0.25) is 9.69 Å². The lowest BCUT2D eigenvalue weighted by molar-refractivity contribution is 0.0849. The lowest BCUT2D eigenvalue weighted by Gasteiger charge is -2.38. The maximum atomic E-state index is 12.5. The van der Waals surface area contributed by atoms with Gasteiger partial charge in [-0.15, -0.1) is 0 Å². The number of carbonyl (C=O) groups excluding carboxylic acids is 1. The van der Waals surface area contributed by atoms with E-state index >= 15 is 0 Å². The number of piperidine rings is 1. The monoisotopic (exact) mass is 301 g/mol. The van der Waals surface area contributed by atoms with E-state index in [1.807, 2.05) is 30.3 Å². The highest BCUT2D eigenvalue weighted by Crippen LogP contribution is 2.24. The van der Waals surface area contributed by atoms with Gasteiger partial charge in [-0.25, -0.2) is 0 Å². The summed E-state index contributed by atoms with van der Waals surface area (Å²) in [4.78, 5) is 17.5. The van der Waals surface area contributed by atoms with Gasteiger partial charge in [-0.2, -0.15) is 0 Å². The first-order valence-corrected chi connectivity index (χ1v) is 8.36. The van der Waals surface area contributed by atoms with Crippen LogP contribution in [0.15, 0.2) is 30.3 Å². The second-order valence-corrected chi connectivity index (χ2v) is 7.20. The average Bonchev–Trinajstić information content (AvgIpc) is 2.62. The minimum atomic E-state index is -0.201. The summed E-state index contributed by atoms with van der Waals surface area (Å²) in [5.41, 5.74) is 0.541. The minimum absolute atomic E-state index is 0.0342. The van der Waals surface area contributed by atoms with E-state index in [9.17, 15) is 4.79 Å². The molecule has 0 saturated carbocycles. The van der Waals surface area contributed by atoms with Crippen molar-refractivity contribution in [3.63, 3.8) is 0 Å². The molecule has 2 aliphatic heterocycles. The first-order valence-electron chi connectivity index (χ1n) is 8.36. The summed E-state index contributed by atoms with van der Waals surface area (Å²) in [6.07, 6.45) is 3.90. The van der Waals surface area contributed by atoms with Gasteiger partial charge in [0, 0.05) is 31.2 Å². The van der Waals surface area contributed by atoms with Gasteiger partial charge >= 0.3 is 0 Å². The molecule has 2 unspecified atom stereocenters.